The maximum atomic E-state index is 15.6. The first-order valence-corrected chi connectivity index (χ1v) is 16.3. The van der Waals surface area contributed by atoms with Crippen LogP contribution < -0.4 is 9.47 Å². The quantitative estimate of drug-likeness (QED) is 0.128. The van der Waals surface area contributed by atoms with Crippen molar-refractivity contribution in [3.05, 3.63) is 47.0 Å². The lowest BCUT2D eigenvalue weighted by atomic mass is 9.79. The summed E-state index contributed by atoms with van der Waals surface area (Å²) in [7, 11) is 0. The van der Waals surface area contributed by atoms with Crippen LogP contribution >= 0.6 is 0 Å². The number of fused-ring (bicyclic) bond motifs is 1. The molecule has 0 spiro atoms. The van der Waals surface area contributed by atoms with Crippen molar-refractivity contribution in [1.82, 2.24) is 9.97 Å². The molecule has 4 nitrogen and oxygen atoms in total. The fraction of sp³-hybridized carbons (Fsp3) is 0.706. The number of unbranched alkanes of at least 4 members (excludes halogenated alkanes) is 5. The molecule has 5 rings (SSSR count). The third kappa shape index (κ3) is 7.96. The summed E-state index contributed by atoms with van der Waals surface area (Å²) in [4.78, 5) is 8.26. The van der Waals surface area contributed by atoms with Crippen molar-refractivity contribution in [2.45, 2.75) is 121 Å². The van der Waals surface area contributed by atoms with Crippen LogP contribution in [0.3, 0.4) is 0 Å². The molecule has 0 amide bonds. The molecule has 0 saturated heterocycles. The van der Waals surface area contributed by atoms with Crippen molar-refractivity contribution in [2.24, 2.45) is 17.8 Å². The average Bonchev–Trinajstić information content (AvgIpc) is 3.90. The van der Waals surface area contributed by atoms with Crippen molar-refractivity contribution in [2.75, 3.05) is 13.2 Å². The zero-order valence-corrected chi connectivity index (χ0v) is 25.0. The first-order chi connectivity index (χ1) is 20.4. The van der Waals surface area contributed by atoms with Gasteiger partial charge in [0.05, 0.1) is 37.1 Å². The molecular formula is C34H46F4N2O2. The van der Waals surface area contributed by atoms with Gasteiger partial charge >= 0.3 is 0 Å². The van der Waals surface area contributed by atoms with Crippen LogP contribution in [0.15, 0.2) is 18.5 Å². The minimum absolute atomic E-state index is 0.0190. The van der Waals surface area contributed by atoms with E-state index in [0.29, 0.717) is 12.4 Å². The van der Waals surface area contributed by atoms with Gasteiger partial charge in [0.2, 0.25) is 5.82 Å². The number of benzene rings is 1. The van der Waals surface area contributed by atoms with E-state index in [9.17, 15) is 4.39 Å². The summed E-state index contributed by atoms with van der Waals surface area (Å²) >= 11 is 0. The molecule has 2 fully saturated rings. The van der Waals surface area contributed by atoms with Gasteiger partial charge in [0, 0.05) is 0 Å². The molecule has 3 aliphatic rings. The zero-order chi connectivity index (χ0) is 29.5. The number of ether oxygens (including phenoxy) is 2. The Morgan fingerprint density at radius 2 is 1.55 bits per heavy atom. The van der Waals surface area contributed by atoms with E-state index >= 15 is 13.2 Å². The maximum absolute atomic E-state index is 15.6. The third-order valence-corrected chi connectivity index (χ3v) is 9.45. The number of aromatic nitrogens is 2. The summed E-state index contributed by atoms with van der Waals surface area (Å²) in [5, 5.41) is 0. The van der Waals surface area contributed by atoms with Crippen molar-refractivity contribution in [3.63, 3.8) is 0 Å². The first kappa shape index (κ1) is 31.1. The van der Waals surface area contributed by atoms with E-state index in [1.54, 1.807) is 0 Å². The highest BCUT2D eigenvalue weighted by Crippen LogP contribution is 2.51. The molecule has 2 aromatic rings. The van der Waals surface area contributed by atoms with Crippen LogP contribution in [0.2, 0.25) is 0 Å². The van der Waals surface area contributed by atoms with Crippen LogP contribution in [0.25, 0.3) is 0 Å². The van der Waals surface area contributed by atoms with E-state index in [4.69, 9.17) is 9.47 Å². The van der Waals surface area contributed by atoms with Gasteiger partial charge in [-0.1, -0.05) is 71.1 Å². The Morgan fingerprint density at radius 1 is 0.857 bits per heavy atom. The molecule has 0 N–H and O–H groups in total. The molecule has 2 atom stereocenters. The summed E-state index contributed by atoms with van der Waals surface area (Å²) < 4.78 is 72.5. The molecule has 1 heterocycles. The van der Waals surface area contributed by atoms with Gasteiger partial charge in [-0.15, -0.1) is 0 Å². The van der Waals surface area contributed by atoms with Crippen LogP contribution in [0.1, 0.15) is 126 Å². The lowest BCUT2D eigenvalue weighted by Gasteiger charge is -2.33. The third-order valence-electron chi connectivity index (χ3n) is 9.45. The second-order valence-electron chi connectivity index (χ2n) is 12.7. The number of rotatable bonds is 18. The molecule has 8 heteroatoms. The molecule has 1 aromatic carbocycles. The number of alkyl halides is 2. The van der Waals surface area contributed by atoms with Gasteiger partial charge < -0.3 is 9.47 Å². The van der Waals surface area contributed by atoms with E-state index in [1.807, 2.05) is 0 Å². The van der Waals surface area contributed by atoms with E-state index in [1.165, 1.54) is 76.2 Å². The van der Waals surface area contributed by atoms with Crippen molar-refractivity contribution < 1.29 is 27.0 Å². The van der Waals surface area contributed by atoms with Gasteiger partial charge in [0.15, 0.2) is 17.3 Å². The van der Waals surface area contributed by atoms with Crippen molar-refractivity contribution in [1.29, 1.82) is 0 Å². The second kappa shape index (κ2) is 14.4. The fourth-order valence-electron chi connectivity index (χ4n) is 6.54. The van der Waals surface area contributed by atoms with Gasteiger partial charge in [-0.05, 0) is 67.9 Å². The predicted molar refractivity (Wildman–Crippen MR) is 155 cm³/mol. The molecule has 0 bridgehead atoms. The minimum Gasteiger partial charge on any atom is -0.490 e. The molecule has 3 aliphatic carbocycles. The molecule has 232 valence electrons. The number of hydrogen-bond donors (Lipinski definition) is 0. The second-order valence-corrected chi connectivity index (χ2v) is 12.7. The Labute approximate surface area is 248 Å². The number of aryl methyl sites for hydroxylation is 1. The smallest absolute Gasteiger partial charge is 0.286 e. The molecule has 0 aliphatic heterocycles. The lowest BCUT2D eigenvalue weighted by Crippen LogP contribution is -2.33. The Balaban J connectivity index is 1.11. The summed E-state index contributed by atoms with van der Waals surface area (Å²) in [5.74, 6) is -5.31. The van der Waals surface area contributed by atoms with Crippen LogP contribution in [0, 0.1) is 29.4 Å². The Kier molecular flexibility index (Phi) is 10.6. The standard InChI is InChI=1S/C34H46F4N2O2/c1-2-24(25-14-15-25)11-7-5-9-19-42-29-20-26-16-17-28(34(37,38)30(26)32(36)31(29)35)33-39-21-27(22-40-33)41-18-8-4-3-6-10-23-12-13-23/h20-25,28H,2-19H2,1H3. The highest BCUT2D eigenvalue weighted by atomic mass is 19.3. The van der Waals surface area contributed by atoms with Crippen LogP contribution in [-0.4, -0.2) is 23.2 Å². The minimum atomic E-state index is -3.66. The van der Waals surface area contributed by atoms with E-state index in [-0.39, 0.29) is 36.6 Å². The average molecular weight is 591 g/mol. The molecule has 2 unspecified atom stereocenters. The van der Waals surface area contributed by atoms with E-state index in [0.717, 1.165) is 49.9 Å². The highest BCUT2D eigenvalue weighted by Gasteiger charge is 2.51. The first-order valence-electron chi connectivity index (χ1n) is 16.3. The Morgan fingerprint density at radius 3 is 2.24 bits per heavy atom. The summed E-state index contributed by atoms with van der Waals surface area (Å²) in [6.45, 7) is 2.99. The Bertz CT molecular complexity index is 1150. The van der Waals surface area contributed by atoms with Gasteiger partial charge in [-0.25, -0.2) is 23.1 Å². The maximum Gasteiger partial charge on any atom is 0.286 e. The number of halogens is 4. The summed E-state index contributed by atoms with van der Waals surface area (Å²) in [6.07, 6.45) is 19.4. The van der Waals surface area contributed by atoms with Crippen LogP contribution in [0.4, 0.5) is 17.6 Å². The van der Waals surface area contributed by atoms with Crippen molar-refractivity contribution in [3.8, 4) is 11.5 Å². The van der Waals surface area contributed by atoms with E-state index in [2.05, 4.69) is 16.9 Å². The lowest BCUT2D eigenvalue weighted by molar-refractivity contribution is -0.0500. The molecule has 42 heavy (non-hydrogen) atoms. The Hall–Kier alpha value is -2.38. The van der Waals surface area contributed by atoms with Crippen molar-refractivity contribution >= 4 is 0 Å². The van der Waals surface area contributed by atoms with Crippen LogP contribution in [-0.2, 0) is 12.3 Å². The van der Waals surface area contributed by atoms with Gasteiger partial charge in [0.25, 0.3) is 5.92 Å². The highest BCUT2D eigenvalue weighted by molar-refractivity contribution is 5.44. The SMILES string of the molecule is CCC(CCCCCOc1cc2c(c(F)c1F)C(F)(F)C(c1ncc(OCCCCCCC3CC3)cn1)CC2)C1CC1. The number of nitrogens with zero attached hydrogens (tertiary/aromatic N) is 2. The fourth-order valence-corrected chi connectivity index (χ4v) is 6.54. The summed E-state index contributed by atoms with van der Waals surface area (Å²) in [5.41, 5.74) is -0.822. The van der Waals surface area contributed by atoms with Gasteiger partial charge in [0.1, 0.15) is 5.82 Å². The molecular weight excluding hydrogens is 544 g/mol. The van der Waals surface area contributed by atoms with Crippen LogP contribution in [0.5, 0.6) is 11.5 Å². The summed E-state index contributed by atoms with van der Waals surface area (Å²) in [6, 6.07) is 1.25. The molecule has 2 saturated carbocycles. The topological polar surface area (TPSA) is 44.2 Å². The van der Waals surface area contributed by atoms with Gasteiger partial charge in [-0.2, -0.15) is 4.39 Å². The van der Waals surface area contributed by atoms with E-state index < -0.39 is 29.0 Å². The zero-order valence-electron chi connectivity index (χ0n) is 25.0. The predicted octanol–water partition coefficient (Wildman–Crippen LogP) is 9.69. The number of hydrogen-bond acceptors (Lipinski definition) is 4. The normalized spacial score (nSPS) is 20.3. The van der Waals surface area contributed by atoms with Gasteiger partial charge in [-0.3, -0.25) is 0 Å². The molecule has 1 aromatic heterocycles. The monoisotopic (exact) mass is 590 g/mol. The largest absolute Gasteiger partial charge is 0.490 e. The molecule has 0 radical (unpaired) electrons.